The highest BCUT2D eigenvalue weighted by molar-refractivity contribution is 7.89. The Morgan fingerprint density at radius 1 is 1.18 bits per heavy atom. The van der Waals surface area contributed by atoms with Crippen molar-refractivity contribution in [3.8, 4) is 0 Å². The van der Waals surface area contributed by atoms with Crippen molar-refractivity contribution >= 4 is 27.0 Å². The molecule has 1 heterocycles. The molecule has 0 saturated heterocycles. The number of imidazole rings is 1. The van der Waals surface area contributed by atoms with Gasteiger partial charge in [-0.15, -0.1) is 0 Å². The van der Waals surface area contributed by atoms with Crippen LogP contribution < -0.4 is 4.72 Å². The van der Waals surface area contributed by atoms with E-state index in [-0.39, 0.29) is 23.8 Å². The summed E-state index contributed by atoms with van der Waals surface area (Å²) in [4.78, 5) is 21.8. The van der Waals surface area contributed by atoms with Crippen LogP contribution in [0.2, 0.25) is 0 Å². The van der Waals surface area contributed by atoms with Crippen LogP contribution in [0.25, 0.3) is 11.0 Å². The second-order valence-corrected chi connectivity index (χ2v) is 8.60. The number of aromatic nitrogens is 2. The molecule has 3 aromatic rings. The van der Waals surface area contributed by atoms with Crippen molar-refractivity contribution in [2.75, 3.05) is 13.6 Å². The van der Waals surface area contributed by atoms with Crippen LogP contribution in [0, 0.1) is 13.8 Å². The van der Waals surface area contributed by atoms with E-state index in [1.165, 1.54) is 4.90 Å². The average molecular weight is 401 g/mol. The number of aryl methyl sites for hydroxylation is 2. The van der Waals surface area contributed by atoms with Crippen LogP contribution in [0.3, 0.4) is 0 Å². The number of rotatable bonds is 7. The van der Waals surface area contributed by atoms with Crippen LogP contribution in [-0.4, -0.2) is 42.8 Å². The molecule has 0 radical (unpaired) electrons. The Bertz CT molecular complexity index is 1070. The zero-order valence-corrected chi connectivity index (χ0v) is 17.0. The number of nitrogens with one attached hydrogen (secondary N) is 2. The number of fused-ring (bicyclic) bond motifs is 1. The normalized spacial score (nSPS) is 11.7. The van der Waals surface area contributed by atoms with Crippen LogP contribution in [0.4, 0.5) is 0 Å². The quantitative estimate of drug-likeness (QED) is 0.637. The molecule has 2 N–H and O–H groups in total. The number of carbonyl (C=O) groups is 1. The van der Waals surface area contributed by atoms with E-state index in [4.69, 9.17) is 0 Å². The van der Waals surface area contributed by atoms with Gasteiger partial charge in [-0.1, -0.05) is 24.3 Å². The first-order chi connectivity index (χ1) is 13.3. The highest BCUT2D eigenvalue weighted by Gasteiger charge is 2.18. The topological polar surface area (TPSA) is 95.2 Å². The standard InChI is InChI=1S/C20H24N4O3S/c1-14-8-9-15(2)18(12-14)28(26,27)21-11-10-20(25)24(3)13-19-22-16-6-4-5-7-17(16)23-19/h4-9,12,21H,10-11,13H2,1-3H3,(H,22,23). The van der Waals surface area contributed by atoms with E-state index in [9.17, 15) is 13.2 Å². The Kier molecular flexibility index (Phi) is 5.81. The molecule has 0 aliphatic heterocycles. The highest BCUT2D eigenvalue weighted by Crippen LogP contribution is 2.16. The molecule has 0 saturated carbocycles. The molecule has 0 unspecified atom stereocenters. The number of benzene rings is 2. The van der Waals surface area contributed by atoms with Gasteiger partial charge in [-0.25, -0.2) is 18.1 Å². The number of nitrogens with zero attached hydrogens (tertiary/aromatic N) is 2. The van der Waals surface area contributed by atoms with Gasteiger partial charge >= 0.3 is 0 Å². The number of carbonyl (C=O) groups excluding carboxylic acids is 1. The number of amides is 1. The van der Waals surface area contributed by atoms with E-state index in [1.54, 1.807) is 26.1 Å². The summed E-state index contributed by atoms with van der Waals surface area (Å²) in [6.07, 6.45) is 0.0703. The molecule has 1 aromatic heterocycles. The molecule has 2 aromatic carbocycles. The van der Waals surface area contributed by atoms with Gasteiger partial charge in [0, 0.05) is 20.0 Å². The third-order valence-corrected chi connectivity index (χ3v) is 6.12. The Hall–Kier alpha value is -2.71. The second-order valence-electron chi connectivity index (χ2n) is 6.87. The van der Waals surface area contributed by atoms with Crippen molar-refractivity contribution in [3.05, 3.63) is 59.4 Å². The van der Waals surface area contributed by atoms with Crippen molar-refractivity contribution in [3.63, 3.8) is 0 Å². The summed E-state index contributed by atoms with van der Waals surface area (Å²) in [5, 5.41) is 0. The lowest BCUT2D eigenvalue weighted by molar-refractivity contribution is -0.130. The van der Waals surface area contributed by atoms with Gasteiger partial charge in [-0.05, 0) is 43.2 Å². The first kappa shape index (κ1) is 20.0. The first-order valence-corrected chi connectivity index (χ1v) is 10.5. The monoisotopic (exact) mass is 400 g/mol. The molecule has 1 amide bonds. The summed E-state index contributed by atoms with van der Waals surface area (Å²) in [6, 6.07) is 12.9. The average Bonchev–Trinajstić information content (AvgIpc) is 3.05. The highest BCUT2D eigenvalue weighted by atomic mass is 32.2. The van der Waals surface area contributed by atoms with Crippen molar-refractivity contribution in [1.82, 2.24) is 19.6 Å². The van der Waals surface area contributed by atoms with Gasteiger partial charge in [0.15, 0.2) is 0 Å². The molecule has 148 valence electrons. The predicted molar refractivity (Wildman–Crippen MR) is 108 cm³/mol. The Balaban J connectivity index is 1.56. The largest absolute Gasteiger partial charge is 0.340 e. The maximum Gasteiger partial charge on any atom is 0.240 e. The number of sulfonamides is 1. The predicted octanol–water partition coefficient (Wildman–Crippen LogP) is 2.51. The smallest absolute Gasteiger partial charge is 0.240 e. The molecule has 0 spiro atoms. The molecule has 7 nitrogen and oxygen atoms in total. The lowest BCUT2D eigenvalue weighted by atomic mass is 10.2. The Labute approximate surface area is 164 Å². The van der Waals surface area contributed by atoms with Crippen molar-refractivity contribution in [1.29, 1.82) is 0 Å². The van der Waals surface area contributed by atoms with Gasteiger partial charge in [-0.3, -0.25) is 4.79 Å². The summed E-state index contributed by atoms with van der Waals surface area (Å²) in [5.41, 5.74) is 3.30. The van der Waals surface area contributed by atoms with Crippen LogP contribution >= 0.6 is 0 Å². The summed E-state index contributed by atoms with van der Waals surface area (Å²) in [7, 11) is -1.97. The molecule has 0 bridgehead atoms. The van der Waals surface area contributed by atoms with Crippen molar-refractivity contribution < 1.29 is 13.2 Å². The van der Waals surface area contributed by atoms with E-state index in [1.807, 2.05) is 37.3 Å². The maximum atomic E-state index is 12.5. The molecule has 0 atom stereocenters. The molecule has 3 rings (SSSR count). The van der Waals surface area contributed by atoms with Crippen molar-refractivity contribution in [2.24, 2.45) is 0 Å². The van der Waals surface area contributed by atoms with Gasteiger partial charge in [0.05, 0.1) is 22.5 Å². The lowest BCUT2D eigenvalue weighted by Crippen LogP contribution is -2.32. The van der Waals surface area contributed by atoms with Gasteiger partial charge in [0.1, 0.15) is 5.82 Å². The summed E-state index contributed by atoms with van der Waals surface area (Å²) >= 11 is 0. The Morgan fingerprint density at radius 3 is 2.68 bits per heavy atom. The molecule has 0 fully saturated rings. The number of aromatic amines is 1. The lowest BCUT2D eigenvalue weighted by Gasteiger charge is -2.16. The number of hydrogen-bond acceptors (Lipinski definition) is 4. The second kappa shape index (κ2) is 8.12. The molecule has 0 aliphatic rings. The maximum absolute atomic E-state index is 12.5. The van der Waals surface area contributed by atoms with Crippen LogP contribution in [0.15, 0.2) is 47.4 Å². The van der Waals surface area contributed by atoms with E-state index >= 15 is 0 Å². The van der Waals surface area contributed by atoms with Gasteiger partial charge in [0.2, 0.25) is 15.9 Å². The Morgan fingerprint density at radius 2 is 1.93 bits per heavy atom. The minimum atomic E-state index is -3.65. The summed E-state index contributed by atoms with van der Waals surface area (Å²) in [6.45, 7) is 3.96. The minimum absolute atomic E-state index is 0.0407. The molecular formula is C20H24N4O3S. The van der Waals surface area contributed by atoms with Crippen molar-refractivity contribution in [2.45, 2.75) is 31.7 Å². The summed E-state index contributed by atoms with van der Waals surface area (Å²) < 4.78 is 27.5. The van der Waals surface area contributed by atoms with Crippen LogP contribution in [-0.2, 0) is 21.4 Å². The van der Waals surface area contributed by atoms with E-state index in [0.717, 1.165) is 16.6 Å². The zero-order chi connectivity index (χ0) is 20.3. The van der Waals surface area contributed by atoms with Crippen LogP contribution in [0.1, 0.15) is 23.4 Å². The first-order valence-electron chi connectivity index (χ1n) is 9.01. The number of H-pyrrole nitrogens is 1. The van der Waals surface area contributed by atoms with Gasteiger partial charge in [-0.2, -0.15) is 0 Å². The van der Waals surface area contributed by atoms with Gasteiger partial charge < -0.3 is 9.88 Å². The fourth-order valence-electron chi connectivity index (χ4n) is 2.95. The number of para-hydroxylation sites is 2. The molecule has 28 heavy (non-hydrogen) atoms. The summed E-state index contributed by atoms with van der Waals surface area (Å²) in [5.74, 6) is 0.525. The zero-order valence-electron chi connectivity index (χ0n) is 16.2. The third-order valence-electron chi connectivity index (χ3n) is 4.52. The van der Waals surface area contributed by atoms with Crippen LogP contribution in [0.5, 0.6) is 0 Å². The SMILES string of the molecule is Cc1ccc(C)c(S(=O)(=O)NCCC(=O)N(C)Cc2nc3ccccc3[nH]2)c1. The minimum Gasteiger partial charge on any atom is -0.340 e. The van der Waals surface area contributed by atoms with E-state index in [2.05, 4.69) is 14.7 Å². The van der Waals surface area contributed by atoms with Gasteiger partial charge in [0.25, 0.3) is 0 Å². The fourth-order valence-corrected chi connectivity index (χ4v) is 4.31. The fraction of sp³-hybridized carbons (Fsp3) is 0.300. The van der Waals surface area contributed by atoms with E-state index in [0.29, 0.717) is 17.9 Å². The number of hydrogen-bond donors (Lipinski definition) is 2. The molecular weight excluding hydrogens is 376 g/mol. The molecule has 0 aliphatic carbocycles. The third kappa shape index (κ3) is 4.58. The molecule has 8 heteroatoms. The van der Waals surface area contributed by atoms with E-state index < -0.39 is 10.0 Å².